The predicted octanol–water partition coefficient (Wildman–Crippen LogP) is 15.1. The van der Waals surface area contributed by atoms with Crippen molar-refractivity contribution >= 4 is 39.6 Å². The van der Waals surface area contributed by atoms with Crippen molar-refractivity contribution in [1.29, 1.82) is 0 Å². The minimum Gasteiger partial charge on any atom is -0.310 e. The van der Waals surface area contributed by atoms with Crippen molar-refractivity contribution in [3.63, 3.8) is 0 Å². The first-order chi connectivity index (χ1) is 28.5. The van der Waals surface area contributed by atoms with E-state index in [4.69, 9.17) is 0 Å². The third-order valence-electron chi connectivity index (χ3n) is 13.1. The second kappa shape index (κ2) is 12.4. The number of anilines is 3. The van der Waals surface area contributed by atoms with E-state index in [-0.39, 0.29) is 5.41 Å². The van der Waals surface area contributed by atoms with Crippen LogP contribution in [0.4, 0.5) is 17.1 Å². The Hall–Kier alpha value is -6.61. The normalized spacial score (nSPS) is 14.6. The first kappa shape index (κ1) is 33.5. The van der Waals surface area contributed by atoms with Crippen LogP contribution in [-0.2, 0) is 10.8 Å². The van der Waals surface area contributed by atoms with E-state index in [0.29, 0.717) is 0 Å². The van der Waals surface area contributed by atoms with Crippen LogP contribution < -0.4 is 4.90 Å². The Bertz CT molecular complexity index is 3080. The molecule has 1 heterocycles. The summed E-state index contributed by atoms with van der Waals surface area (Å²) in [4.78, 5) is 5.17. The van der Waals surface area contributed by atoms with Gasteiger partial charge in [0.25, 0.3) is 0 Å². The number of hydrogen-bond donors (Lipinski definition) is 0. The molecule has 0 atom stereocenters. The zero-order valence-corrected chi connectivity index (χ0v) is 33.2. The van der Waals surface area contributed by atoms with Gasteiger partial charge in [-0.1, -0.05) is 189 Å². The Morgan fingerprint density at radius 2 is 1.00 bits per heavy atom. The van der Waals surface area contributed by atoms with Crippen LogP contribution in [0.2, 0.25) is 0 Å². The number of hydrogen-bond acceptors (Lipinski definition) is 2. The van der Waals surface area contributed by atoms with E-state index in [1.165, 1.54) is 93.0 Å². The minimum absolute atomic E-state index is 0.138. The molecule has 3 aliphatic rings. The fourth-order valence-corrected chi connectivity index (χ4v) is 11.9. The second-order valence-corrected chi connectivity index (χ2v) is 17.5. The summed E-state index contributed by atoms with van der Waals surface area (Å²) < 4.78 is 0. The summed E-state index contributed by atoms with van der Waals surface area (Å²) in [6.07, 6.45) is 0. The van der Waals surface area contributed by atoms with Crippen LogP contribution in [0.1, 0.15) is 47.2 Å². The lowest BCUT2D eigenvalue weighted by Gasteiger charge is -2.43. The van der Waals surface area contributed by atoms with E-state index < -0.39 is 5.41 Å². The molecular formula is C56H39NS. The molecule has 274 valence electrons. The maximum atomic E-state index is 2.55. The summed E-state index contributed by atoms with van der Waals surface area (Å²) in [5.41, 5.74) is 18.6. The summed E-state index contributed by atoms with van der Waals surface area (Å²) in [7, 11) is 0. The van der Waals surface area contributed by atoms with Crippen LogP contribution in [0.15, 0.2) is 210 Å². The van der Waals surface area contributed by atoms with E-state index in [2.05, 4.69) is 219 Å². The largest absolute Gasteiger partial charge is 0.310 e. The molecule has 1 nitrogen and oxygen atoms in total. The van der Waals surface area contributed by atoms with Gasteiger partial charge in [-0.3, -0.25) is 0 Å². The van der Waals surface area contributed by atoms with Crippen LogP contribution in [-0.4, -0.2) is 0 Å². The van der Waals surface area contributed by atoms with Crippen LogP contribution >= 0.6 is 11.8 Å². The van der Waals surface area contributed by atoms with E-state index in [1.54, 1.807) is 0 Å². The van der Waals surface area contributed by atoms with Crippen molar-refractivity contribution in [2.45, 2.75) is 34.5 Å². The van der Waals surface area contributed by atoms with E-state index in [0.717, 1.165) is 11.4 Å². The van der Waals surface area contributed by atoms with E-state index in [1.807, 2.05) is 11.8 Å². The molecule has 0 saturated carbocycles. The average Bonchev–Trinajstić information content (AvgIpc) is 3.69. The van der Waals surface area contributed by atoms with Gasteiger partial charge in [-0.15, -0.1) is 0 Å². The molecule has 12 rings (SSSR count). The van der Waals surface area contributed by atoms with Crippen LogP contribution in [0, 0.1) is 0 Å². The summed E-state index contributed by atoms with van der Waals surface area (Å²) in [6.45, 7) is 4.76. The lowest BCUT2D eigenvalue weighted by Crippen LogP contribution is -2.34. The Labute approximate surface area is 344 Å². The fourth-order valence-electron chi connectivity index (χ4n) is 10.5. The summed E-state index contributed by atoms with van der Waals surface area (Å²) >= 11 is 1.93. The second-order valence-electron chi connectivity index (χ2n) is 16.4. The van der Waals surface area contributed by atoms with Gasteiger partial charge in [-0.25, -0.2) is 0 Å². The van der Waals surface area contributed by atoms with Crippen LogP contribution in [0.3, 0.4) is 0 Å². The zero-order chi connectivity index (χ0) is 38.6. The lowest BCUT2D eigenvalue weighted by molar-refractivity contribution is 0.660. The van der Waals surface area contributed by atoms with E-state index >= 15 is 0 Å². The molecule has 0 saturated heterocycles. The third kappa shape index (κ3) is 4.55. The highest BCUT2D eigenvalue weighted by Crippen LogP contribution is 2.65. The molecule has 9 aromatic carbocycles. The molecule has 0 bridgehead atoms. The van der Waals surface area contributed by atoms with Crippen LogP contribution in [0.5, 0.6) is 0 Å². The molecule has 0 N–H and O–H groups in total. The maximum absolute atomic E-state index is 2.55. The number of benzene rings is 9. The fraction of sp³-hybridized carbons (Fsp3) is 0.0714. The van der Waals surface area contributed by atoms with Crippen molar-refractivity contribution in [3.8, 4) is 33.4 Å². The van der Waals surface area contributed by atoms with Gasteiger partial charge in [0, 0.05) is 32.1 Å². The molecule has 0 unspecified atom stereocenters. The molecule has 2 aliphatic carbocycles. The summed E-state index contributed by atoms with van der Waals surface area (Å²) in [6, 6.07) is 75.0. The zero-order valence-electron chi connectivity index (χ0n) is 32.4. The predicted molar refractivity (Wildman–Crippen MR) is 243 cm³/mol. The number of rotatable bonds is 4. The highest BCUT2D eigenvalue weighted by atomic mass is 32.2. The molecule has 58 heavy (non-hydrogen) atoms. The third-order valence-corrected chi connectivity index (χ3v) is 14.3. The minimum atomic E-state index is -0.557. The highest BCUT2D eigenvalue weighted by Gasteiger charge is 2.52. The highest BCUT2D eigenvalue weighted by molar-refractivity contribution is 7.99. The van der Waals surface area contributed by atoms with Crippen molar-refractivity contribution in [2.24, 2.45) is 0 Å². The molecule has 1 aliphatic heterocycles. The van der Waals surface area contributed by atoms with Crippen LogP contribution in [0.25, 0.3) is 44.2 Å². The molecule has 0 amide bonds. The maximum Gasteiger partial charge on any atom is 0.0756 e. The number of fused-ring (bicyclic) bond motifs is 14. The molecule has 1 spiro atoms. The Kier molecular flexibility index (Phi) is 7.19. The molecule has 9 aromatic rings. The monoisotopic (exact) mass is 757 g/mol. The Morgan fingerprint density at radius 3 is 1.74 bits per heavy atom. The SMILES string of the molecule is CC1(C)c2ccccc2-c2ccc(N(c3ccc(-c4ccccc4)cc3)c3cccc4c3C3(c5ccccc5-c5ccccc53)c3ccc5ccccc5c3S4)cc21. The summed E-state index contributed by atoms with van der Waals surface area (Å²) in [5.74, 6) is 0. The van der Waals surface area contributed by atoms with Gasteiger partial charge in [-0.05, 0) is 108 Å². The lowest BCUT2D eigenvalue weighted by atomic mass is 9.66. The van der Waals surface area contributed by atoms with Gasteiger partial charge in [-0.2, -0.15) is 0 Å². The van der Waals surface area contributed by atoms with Gasteiger partial charge in [0.05, 0.1) is 11.1 Å². The quantitative estimate of drug-likeness (QED) is 0.176. The summed E-state index contributed by atoms with van der Waals surface area (Å²) in [5, 5.41) is 2.57. The molecular weight excluding hydrogens is 719 g/mol. The molecule has 0 radical (unpaired) electrons. The molecule has 2 heteroatoms. The van der Waals surface area contributed by atoms with E-state index in [9.17, 15) is 0 Å². The van der Waals surface area contributed by atoms with Gasteiger partial charge in [0.1, 0.15) is 0 Å². The van der Waals surface area contributed by atoms with Gasteiger partial charge in [0.2, 0.25) is 0 Å². The first-order valence-corrected chi connectivity index (χ1v) is 21.1. The van der Waals surface area contributed by atoms with Crippen molar-refractivity contribution in [2.75, 3.05) is 4.90 Å². The van der Waals surface area contributed by atoms with Crippen molar-refractivity contribution in [1.82, 2.24) is 0 Å². The smallest absolute Gasteiger partial charge is 0.0756 e. The Morgan fingerprint density at radius 1 is 0.414 bits per heavy atom. The van der Waals surface area contributed by atoms with Gasteiger partial charge < -0.3 is 4.90 Å². The number of nitrogens with zero attached hydrogens (tertiary/aromatic N) is 1. The van der Waals surface area contributed by atoms with Crippen molar-refractivity contribution < 1.29 is 0 Å². The molecule has 0 fully saturated rings. The Balaban J connectivity index is 1.17. The topological polar surface area (TPSA) is 3.24 Å². The van der Waals surface area contributed by atoms with Gasteiger partial charge >= 0.3 is 0 Å². The standard InChI is InChI=1S/C56H39NS/c1-55(2)46-22-11-8-19-42(46)45-33-32-40(35-50(45)55)57(39-30-27-37(28-31-39)36-15-4-3-5-16-36)51-25-14-26-52-53(51)56(49-34-29-38-17-6-7-18-41(38)54(49)58-52)47-23-12-9-20-43(47)44-21-10-13-24-48(44)56/h3-35H,1-2H3. The first-order valence-electron chi connectivity index (χ1n) is 20.3. The average molecular weight is 758 g/mol. The van der Waals surface area contributed by atoms with Crippen molar-refractivity contribution in [3.05, 3.63) is 234 Å². The molecule has 0 aromatic heterocycles. The van der Waals surface area contributed by atoms with Gasteiger partial charge in [0.15, 0.2) is 0 Å².